The predicted octanol–water partition coefficient (Wildman–Crippen LogP) is -1.35. The number of hydrogen-bond donors (Lipinski definition) is 2. The van der Waals surface area contributed by atoms with Crippen LogP contribution in [0.5, 0.6) is 0 Å². The third-order valence-corrected chi connectivity index (χ3v) is 1.60. The number of hydrogen-bond acceptors (Lipinski definition) is 4. The van der Waals surface area contributed by atoms with Gasteiger partial charge in [-0.25, -0.2) is 13.1 Å². The van der Waals surface area contributed by atoms with Crippen molar-refractivity contribution < 1.29 is 8.42 Å². The molecule has 6 heteroatoms. The van der Waals surface area contributed by atoms with E-state index < -0.39 is 10.0 Å². The van der Waals surface area contributed by atoms with Crippen LogP contribution in [0, 0.1) is 11.3 Å². The molecule has 2 N–H and O–H groups in total. The van der Waals surface area contributed by atoms with E-state index >= 15 is 0 Å². The van der Waals surface area contributed by atoms with Gasteiger partial charge < -0.3 is 5.32 Å². The van der Waals surface area contributed by atoms with Crippen LogP contribution in [0.25, 0.3) is 0 Å². The lowest BCUT2D eigenvalue weighted by Gasteiger charge is -2.00. The first kappa shape index (κ1) is 10.4. The molecule has 0 amide bonds. The largest absolute Gasteiger partial charge is 0.303 e. The van der Waals surface area contributed by atoms with Gasteiger partial charge in [0.05, 0.1) is 18.9 Å². The quantitative estimate of drug-likeness (QED) is 0.402. The van der Waals surface area contributed by atoms with E-state index in [0.29, 0.717) is 13.1 Å². The van der Waals surface area contributed by atoms with Crippen LogP contribution < -0.4 is 10.0 Å². The van der Waals surface area contributed by atoms with Crippen molar-refractivity contribution in [3.8, 4) is 6.07 Å². The van der Waals surface area contributed by atoms with Gasteiger partial charge in [0, 0.05) is 13.1 Å². The van der Waals surface area contributed by atoms with E-state index in [1.54, 1.807) is 0 Å². The van der Waals surface area contributed by atoms with Gasteiger partial charge in [0.2, 0.25) is 10.0 Å². The molecule has 0 aliphatic rings. The molecule has 0 atom stereocenters. The smallest absolute Gasteiger partial charge is 0.208 e. The van der Waals surface area contributed by atoms with E-state index in [9.17, 15) is 8.42 Å². The third kappa shape index (κ3) is 9.36. The second-order valence-electron chi connectivity index (χ2n) is 2.00. The standard InChI is InChI=1S/C5H11N3O2S/c1-11(9,10)8-5-4-7-3-2-6/h7-8H,3-5H2,1H3. The van der Waals surface area contributed by atoms with Crippen LogP contribution in [-0.2, 0) is 10.0 Å². The summed E-state index contributed by atoms with van der Waals surface area (Å²) >= 11 is 0. The average Bonchev–Trinajstić information content (AvgIpc) is 1.85. The lowest BCUT2D eigenvalue weighted by atomic mass is 10.6. The van der Waals surface area contributed by atoms with Crippen molar-refractivity contribution in [3.05, 3.63) is 0 Å². The van der Waals surface area contributed by atoms with E-state index in [0.717, 1.165) is 6.26 Å². The fourth-order valence-corrected chi connectivity index (χ4v) is 0.942. The summed E-state index contributed by atoms with van der Waals surface area (Å²) in [7, 11) is -3.08. The second kappa shape index (κ2) is 5.07. The van der Waals surface area contributed by atoms with Crippen LogP contribution in [0.1, 0.15) is 0 Å². The minimum atomic E-state index is -3.08. The molecular formula is C5H11N3O2S. The van der Waals surface area contributed by atoms with Crippen LogP contribution in [0.3, 0.4) is 0 Å². The molecule has 0 saturated carbocycles. The molecule has 0 spiro atoms. The highest BCUT2D eigenvalue weighted by molar-refractivity contribution is 7.88. The van der Waals surface area contributed by atoms with Gasteiger partial charge >= 0.3 is 0 Å². The highest BCUT2D eigenvalue weighted by Crippen LogP contribution is 1.70. The number of sulfonamides is 1. The first-order valence-electron chi connectivity index (χ1n) is 3.08. The molecule has 0 aromatic heterocycles. The Morgan fingerprint density at radius 2 is 2.09 bits per heavy atom. The Balaban J connectivity index is 3.24. The normalized spacial score (nSPS) is 10.9. The van der Waals surface area contributed by atoms with E-state index in [1.165, 1.54) is 0 Å². The van der Waals surface area contributed by atoms with Gasteiger partial charge in [-0.15, -0.1) is 0 Å². The first-order valence-corrected chi connectivity index (χ1v) is 4.97. The molecule has 0 aliphatic carbocycles. The molecule has 0 fully saturated rings. The lowest BCUT2D eigenvalue weighted by Crippen LogP contribution is -2.31. The van der Waals surface area contributed by atoms with Gasteiger partial charge in [-0.3, -0.25) is 0 Å². The van der Waals surface area contributed by atoms with Crippen LogP contribution in [0.2, 0.25) is 0 Å². The predicted molar refractivity (Wildman–Crippen MR) is 41.3 cm³/mol. The van der Waals surface area contributed by atoms with E-state index in [4.69, 9.17) is 5.26 Å². The monoisotopic (exact) mass is 177 g/mol. The Hall–Kier alpha value is -0.640. The van der Waals surface area contributed by atoms with Gasteiger partial charge in [-0.2, -0.15) is 5.26 Å². The fraction of sp³-hybridized carbons (Fsp3) is 0.800. The zero-order valence-electron chi connectivity index (χ0n) is 6.29. The van der Waals surface area contributed by atoms with Gasteiger partial charge in [-0.1, -0.05) is 0 Å². The van der Waals surface area contributed by atoms with Crippen molar-refractivity contribution in [2.75, 3.05) is 25.9 Å². The maximum atomic E-state index is 10.5. The Kier molecular flexibility index (Phi) is 4.77. The summed E-state index contributed by atoms with van der Waals surface area (Å²) in [6.07, 6.45) is 1.09. The Morgan fingerprint density at radius 1 is 1.45 bits per heavy atom. The summed E-state index contributed by atoms with van der Waals surface area (Å²) in [6.45, 7) is 1.03. The van der Waals surface area contributed by atoms with Crippen LogP contribution >= 0.6 is 0 Å². The van der Waals surface area contributed by atoms with Crippen LogP contribution in [-0.4, -0.2) is 34.3 Å². The summed E-state index contributed by atoms with van der Waals surface area (Å²) in [6, 6.07) is 1.88. The molecule has 0 aromatic rings. The fourth-order valence-electron chi connectivity index (χ4n) is 0.469. The number of nitrogens with zero attached hydrogens (tertiary/aromatic N) is 1. The van der Waals surface area contributed by atoms with Crippen LogP contribution in [0.4, 0.5) is 0 Å². The minimum Gasteiger partial charge on any atom is -0.303 e. The molecule has 0 radical (unpaired) electrons. The summed E-state index contributed by atoms with van der Waals surface area (Å²) in [5, 5.41) is 10.8. The summed E-state index contributed by atoms with van der Waals surface area (Å²) < 4.78 is 23.2. The maximum absolute atomic E-state index is 10.5. The average molecular weight is 177 g/mol. The first-order chi connectivity index (χ1) is 5.06. The van der Waals surface area contributed by atoms with Gasteiger partial charge in [-0.05, 0) is 0 Å². The molecule has 0 heterocycles. The van der Waals surface area contributed by atoms with Crippen molar-refractivity contribution in [2.24, 2.45) is 0 Å². The molecule has 11 heavy (non-hydrogen) atoms. The van der Waals surface area contributed by atoms with E-state index in [2.05, 4.69) is 10.0 Å². The van der Waals surface area contributed by atoms with Gasteiger partial charge in [0.15, 0.2) is 0 Å². The molecule has 0 bridgehead atoms. The summed E-state index contributed by atoms with van der Waals surface area (Å²) in [5.41, 5.74) is 0. The maximum Gasteiger partial charge on any atom is 0.208 e. The zero-order chi connectivity index (χ0) is 8.74. The van der Waals surface area contributed by atoms with Crippen molar-refractivity contribution in [1.82, 2.24) is 10.0 Å². The number of nitrogens with one attached hydrogen (secondary N) is 2. The molecule has 5 nitrogen and oxygen atoms in total. The molecule has 0 unspecified atom stereocenters. The molecular weight excluding hydrogens is 166 g/mol. The third-order valence-electron chi connectivity index (χ3n) is 0.870. The van der Waals surface area contributed by atoms with Crippen LogP contribution in [0.15, 0.2) is 0 Å². The van der Waals surface area contributed by atoms with Gasteiger partial charge in [0.25, 0.3) is 0 Å². The second-order valence-corrected chi connectivity index (χ2v) is 3.83. The summed E-state index contributed by atoms with van der Waals surface area (Å²) in [5.74, 6) is 0. The Morgan fingerprint density at radius 3 is 2.55 bits per heavy atom. The molecule has 0 aliphatic heterocycles. The Bertz CT molecular complexity index is 229. The molecule has 64 valence electrons. The molecule has 0 saturated heterocycles. The lowest BCUT2D eigenvalue weighted by molar-refractivity contribution is 0.584. The van der Waals surface area contributed by atoms with Gasteiger partial charge in [0.1, 0.15) is 0 Å². The topological polar surface area (TPSA) is 82.0 Å². The van der Waals surface area contributed by atoms with Crippen molar-refractivity contribution in [3.63, 3.8) is 0 Å². The minimum absolute atomic E-state index is 0.242. The van der Waals surface area contributed by atoms with E-state index in [1.807, 2.05) is 6.07 Å². The molecule has 0 rings (SSSR count). The SMILES string of the molecule is CS(=O)(=O)NCCNCC#N. The highest BCUT2D eigenvalue weighted by Gasteiger charge is 1.96. The highest BCUT2D eigenvalue weighted by atomic mass is 32.2. The van der Waals surface area contributed by atoms with Crippen molar-refractivity contribution >= 4 is 10.0 Å². The van der Waals surface area contributed by atoms with Crippen molar-refractivity contribution in [2.45, 2.75) is 0 Å². The van der Waals surface area contributed by atoms with E-state index in [-0.39, 0.29) is 6.54 Å². The number of rotatable bonds is 5. The van der Waals surface area contributed by atoms with Crippen molar-refractivity contribution in [1.29, 1.82) is 5.26 Å². The summed E-state index contributed by atoms with van der Waals surface area (Å²) in [4.78, 5) is 0. The Labute approximate surface area is 66.5 Å². The number of nitriles is 1. The zero-order valence-corrected chi connectivity index (χ0v) is 7.11. The molecule has 0 aromatic carbocycles.